The highest BCUT2D eigenvalue weighted by Crippen LogP contribution is 2.32. The minimum Gasteiger partial charge on any atom is -0.539 e. The lowest BCUT2D eigenvalue weighted by molar-refractivity contribution is -0.672. The van der Waals surface area contributed by atoms with Crippen molar-refractivity contribution in [1.82, 2.24) is 20.1 Å². The molecule has 0 saturated heterocycles. The van der Waals surface area contributed by atoms with Gasteiger partial charge in [-0.05, 0) is 29.3 Å². The Morgan fingerprint density at radius 3 is 2.74 bits per heavy atom. The van der Waals surface area contributed by atoms with Crippen LogP contribution in [0.2, 0.25) is 0 Å². The second kappa shape index (κ2) is 9.10. The number of nitrogen functional groups attached to an aromatic ring is 1. The van der Waals surface area contributed by atoms with Gasteiger partial charge in [0.2, 0.25) is 23.4 Å². The van der Waals surface area contributed by atoms with Crippen LogP contribution in [0.25, 0.3) is 5.69 Å². The van der Waals surface area contributed by atoms with E-state index < -0.39 is 17.3 Å². The molecule has 0 saturated carbocycles. The molecule has 0 spiro atoms. The van der Waals surface area contributed by atoms with Crippen molar-refractivity contribution in [3.05, 3.63) is 75.3 Å². The molecule has 35 heavy (non-hydrogen) atoms. The molecule has 1 aliphatic rings. The number of nitrogens with two attached hydrogens (primary N) is 1. The highest BCUT2D eigenvalue weighted by Gasteiger charge is 2.28. The first-order valence-corrected chi connectivity index (χ1v) is 11.3. The summed E-state index contributed by atoms with van der Waals surface area (Å²) in [7, 11) is 0. The number of Topliss-reactive ketones (excluding diaryl/α,β-unsaturated/α-hetero) is 1. The quantitative estimate of drug-likeness (QED) is 0.163. The zero-order valence-electron chi connectivity index (χ0n) is 18.3. The number of rotatable bonds is 7. The second-order valence-electron chi connectivity index (χ2n) is 7.64. The fourth-order valence-corrected chi connectivity index (χ4v) is 4.13. The van der Waals surface area contributed by atoms with Crippen molar-refractivity contribution in [2.24, 2.45) is 0 Å². The van der Waals surface area contributed by atoms with Crippen LogP contribution in [-0.4, -0.2) is 38.5 Å². The molecule has 3 heterocycles. The van der Waals surface area contributed by atoms with Gasteiger partial charge in [-0.25, -0.2) is 0 Å². The average molecular weight is 494 g/mol. The Bertz CT molecular complexity index is 1480. The maximum Gasteiger partial charge on any atom is 0.307 e. The number of carbonyl (C=O) groups excluding carboxylic acids is 1. The molecular weight excluding hydrogens is 476 g/mol. The predicted molar refractivity (Wildman–Crippen MR) is 119 cm³/mol. The molecule has 2 aromatic carbocycles. The average Bonchev–Trinajstić information content (AvgIpc) is 3.48. The van der Waals surface area contributed by atoms with Crippen molar-refractivity contribution >= 4 is 17.5 Å². The van der Waals surface area contributed by atoms with Crippen molar-refractivity contribution in [2.45, 2.75) is 18.5 Å². The van der Waals surface area contributed by atoms with E-state index in [1.165, 1.54) is 0 Å². The van der Waals surface area contributed by atoms with Gasteiger partial charge in [-0.15, -0.1) is 10.2 Å². The minimum absolute atomic E-state index is 0.0172. The van der Waals surface area contributed by atoms with Crippen LogP contribution in [0.5, 0.6) is 17.4 Å². The van der Waals surface area contributed by atoms with E-state index in [-0.39, 0.29) is 35.5 Å². The third-order valence-corrected chi connectivity index (χ3v) is 6.17. The number of hydrogen-bond donors (Lipinski definition) is 1. The van der Waals surface area contributed by atoms with Gasteiger partial charge < -0.3 is 24.9 Å². The Balaban J connectivity index is 1.31. The molecule has 5 rings (SSSR count). The van der Waals surface area contributed by atoms with Gasteiger partial charge in [0.25, 0.3) is 5.56 Å². The Labute approximate surface area is 201 Å². The number of ketones is 1. The summed E-state index contributed by atoms with van der Waals surface area (Å²) in [4.78, 5) is 25.5. The summed E-state index contributed by atoms with van der Waals surface area (Å²) in [5.41, 5.74) is 1.59. The van der Waals surface area contributed by atoms with E-state index in [2.05, 4.69) is 15.5 Å². The van der Waals surface area contributed by atoms with Crippen LogP contribution < -0.4 is 30.7 Å². The van der Waals surface area contributed by atoms with Crippen molar-refractivity contribution in [2.75, 3.05) is 18.4 Å². The largest absolute Gasteiger partial charge is 0.539 e. The molecule has 0 fully saturated rings. The molecule has 2 N–H and O–H groups in total. The fourth-order valence-electron chi connectivity index (χ4n) is 3.41. The summed E-state index contributed by atoms with van der Waals surface area (Å²) in [5, 5.41) is 23.8. The molecule has 178 valence electrons. The van der Waals surface area contributed by atoms with Gasteiger partial charge in [0.05, 0.1) is 11.0 Å². The van der Waals surface area contributed by atoms with Gasteiger partial charge in [0.1, 0.15) is 5.69 Å². The van der Waals surface area contributed by atoms with Gasteiger partial charge in [-0.1, -0.05) is 35.5 Å². The van der Waals surface area contributed by atoms with Gasteiger partial charge in [0, 0.05) is 18.6 Å². The smallest absolute Gasteiger partial charge is 0.307 e. The maximum atomic E-state index is 12.8. The predicted octanol–water partition coefficient (Wildman–Crippen LogP) is 0.293. The third-order valence-electron chi connectivity index (χ3n) is 5.22. The molecule has 0 bridgehead atoms. The highest BCUT2D eigenvalue weighted by molar-refractivity contribution is 7.99. The Kier molecular flexibility index (Phi) is 5.82. The summed E-state index contributed by atoms with van der Waals surface area (Å²) in [6.07, 6.45) is 0.181. The topological polar surface area (TPSA) is 162 Å². The Morgan fingerprint density at radius 1 is 1.17 bits per heavy atom. The summed E-state index contributed by atoms with van der Waals surface area (Å²) in [6.45, 7) is 2.05. The van der Waals surface area contributed by atoms with E-state index in [0.29, 0.717) is 17.2 Å². The Hall–Kier alpha value is -4.39. The fraction of sp³-hybridized carbons (Fsp3) is 0.182. The first kappa shape index (κ1) is 22.4. The highest BCUT2D eigenvalue weighted by atomic mass is 32.2. The monoisotopic (exact) mass is 494 g/mol. The number of thioether (sulfide) groups is 1. The molecule has 0 atom stereocenters. The molecule has 2 aromatic heterocycles. The number of fused-ring (bicyclic) bond motifs is 1. The van der Waals surface area contributed by atoms with Crippen LogP contribution in [-0.2, 0) is 6.42 Å². The van der Waals surface area contributed by atoms with Gasteiger partial charge in [0.15, 0.2) is 17.4 Å². The molecule has 0 aliphatic carbocycles. The normalized spacial score (nSPS) is 12.1. The zero-order chi connectivity index (χ0) is 24.5. The second-order valence-corrected chi connectivity index (χ2v) is 8.58. The lowest BCUT2D eigenvalue weighted by Crippen LogP contribution is -2.39. The molecular formula is C22H18N6O6S. The van der Waals surface area contributed by atoms with E-state index in [4.69, 9.17) is 19.8 Å². The van der Waals surface area contributed by atoms with Crippen LogP contribution in [0.3, 0.4) is 0 Å². The van der Waals surface area contributed by atoms with E-state index in [9.17, 15) is 14.7 Å². The number of ether oxygens (including phenoxy) is 2. The zero-order valence-corrected chi connectivity index (χ0v) is 19.2. The van der Waals surface area contributed by atoms with Gasteiger partial charge >= 0.3 is 5.69 Å². The van der Waals surface area contributed by atoms with E-state index >= 15 is 0 Å². The molecule has 0 unspecified atom stereocenters. The lowest BCUT2D eigenvalue weighted by atomic mass is 10.1. The Morgan fingerprint density at radius 2 is 1.94 bits per heavy atom. The summed E-state index contributed by atoms with van der Waals surface area (Å²) in [6, 6.07) is 12.4. The maximum absolute atomic E-state index is 12.8. The first-order chi connectivity index (χ1) is 16.9. The molecule has 4 aromatic rings. The van der Waals surface area contributed by atoms with Gasteiger partial charge in [-0.3, -0.25) is 9.59 Å². The van der Waals surface area contributed by atoms with Crippen LogP contribution >= 0.6 is 11.8 Å². The van der Waals surface area contributed by atoms with E-state index in [1.807, 2.05) is 19.1 Å². The third kappa shape index (κ3) is 4.40. The van der Waals surface area contributed by atoms with Crippen LogP contribution in [0.15, 0.2) is 56.9 Å². The van der Waals surface area contributed by atoms with E-state index in [0.717, 1.165) is 32.2 Å². The number of aryl methyl sites for hydroxylation is 1. The number of aromatic nitrogens is 5. The number of carbonyl (C=O) groups is 1. The van der Waals surface area contributed by atoms with Crippen LogP contribution in [0, 0.1) is 6.92 Å². The number of nitrogens with zero attached hydrogens (tertiary/aromatic N) is 5. The minimum atomic E-state index is -0.869. The summed E-state index contributed by atoms with van der Waals surface area (Å²) in [5.74, 6) is 5.46. The summed E-state index contributed by atoms with van der Waals surface area (Å²) >= 11 is 0.871. The number of benzene rings is 2. The number of hydrogen-bond acceptors (Lipinski definition) is 11. The van der Waals surface area contributed by atoms with Crippen molar-refractivity contribution in [1.29, 1.82) is 0 Å². The lowest BCUT2D eigenvalue weighted by Gasteiger charge is -2.07. The molecule has 12 nitrogen and oxygen atoms in total. The standard InChI is InChI=1S/C22H18N6O6S/c1-12-2-5-14(6-3-12)28-19(21(31)34-26-28)16(29)10-35-22-25-24-15(20(30)27(22)23)8-13-4-7-17-18(9-13)33-11-32-17/h2-7,9H,8,10-11,23H2,1H3. The van der Waals surface area contributed by atoms with Crippen molar-refractivity contribution in [3.63, 3.8) is 0 Å². The van der Waals surface area contributed by atoms with Crippen molar-refractivity contribution in [3.8, 4) is 23.1 Å². The van der Waals surface area contributed by atoms with Gasteiger partial charge in [-0.2, -0.15) is 4.68 Å². The molecule has 1 aliphatic heterocycles. The first-order valence-electron chi connectivity index (χ1n) is 10.3. The summed E-state index contributed by atoms with van der Waals surface area (Å²) < 4.78 is 17.3. The van der Waals surface area contributed by atoms with E-state index in [1.54, 1.807) is 30.3 Å². The van der Waals surface area contributed by atoms with Crippen LogP contribution in [0.4, 0.5) is 0 Å². The van der Waals surface area contributed by atoms with Crippen molar-refractivity contribution < 1.29 is 28.6 Å². The molecule has 0 amide bonds. The van der Waals surface area contributed by atoms with Crippen LogP contribution in [0.1, 0.15) is 27.3 Å². The molecule has 13 heteroatoms. The SMILES string of the molecule is Cc1ccc(-[n+]2noc([O-])c2C(=O)CSc2nnc(Cc3ccc4c(c3)OCO4)c(=O)n2N)cc1. The molecule has 0 radical (unpaired) electrons.